The minimum Gasteiger partial charge on any atom is -0.472 e. The summed E-state index contributed by atoms with van der Waals surface area (Å²) in [7, 11) is 0. The normalized spacial score (nSPS) is 10.8. The van der Waals surface area contributed by atoms with Gasteiger partial charge in [-0.15, -0.1) is 0 Å². The van der Waals surface area contributed by atoms with Gasteiger partial charge in [-0.1, -0.05) is 49.9 Å². The van der Waals surface area contributed by atoms with Gasteiger partial charge >= 0.3 is 0 Å². The Balaban J connectivity index is 2.08. The first-order valence-corrected chi connectivity index (χ1v) is 6.79. The van der Waals surface area contributed by atoms with E-state index in [2.05, 4.69) is 13.0 Å². The van der Waals surface area contributed by atoms with Crippen molar-refractivity contribution in [2.75, 3.05) is 0 Å². The number of hydrogen-bond acceptors (Lipinski definition) is 1. The van der Waals surface area contributed by atoms with Crippen molar-refractivity contribution in [2.24, 2.45) is 0 Å². The Hall–Kier alpha value is -1.21. The summed E-state index contributed by atoms with van der Waals surface area (Å²) in [5.74, 6) is 0. The Morgan fingerprint density at radius 3 is 2.78 bits per heavy atom. The third-order valence-corrected chi connectivity index (χ3v) is 3.31. The molecule has 2 aromatic rings. The van der Waals surface area contributed by atoms with E-state index in [1.165, 1.54) is 24.8 Å². The largest absolute Gasteiger partial charge is 0.472 e. The van der Waals surface area contributed by atoms with E-state index in [1.54, 1.807) is 0 Å². The van der Waals surface area contributed by atoms with E-state index in [9.17, 15) is 0 Å². The molecule has 0 bridgehead atoms. The molecule has 1 heterocycles. The molecule has 0 aliphatic rings. The van der Waals surface area contributed by atoms with E-state index >= 15 is 0 Å². The fourth-order valence-electron chi connectivity index (χ4n) is 2.10. The van der Waals surface area contributed by atoms with Crippen LogP contribution in [-0.2, 0) is 6.42 Å². The molecule has 1 aromatic carbocycles. The topological polar surface area (TPSA) is 13.1 Å². The third kappa shape index (κ3) is 3.39. The standard InChI is InChI=1S/C16H18ClO/c1-2-3-4-5-7-14-11-18-12-16(14)13-8-6-9-15(17)10-13/h6,8-12H,1-5,7H2. The summed E-state index contributed by atoms with van der Waals surface area (Å²) in [6.07, 6.45) is 9.34. The van der Waals surface area contributed by atoms with Gasteiger partial charge in [0.25, 0.3) is 0 Å². The van der Waals surface area contributed by atoms with Gasteiger partial charge in [-0.25, -0.2) is 0 Å². The molecule has 0 atom stereocenters. The molecule has 2 heteroatoms. The lowest BCUT2D eigenvalue weighted by atomic mass is 10.0. The quantitative estimate of drug-likeness (QED) is 0.623. The Morgan fingerprint density at radius 2 is 2.00 bits per heavy atom. The lowest BCUT2D eigenvalue weighted by molar-refractivity contribution is 0.562. The molecule has 1 aromatic heterocycles. The summed E-state index contributed by atoms with van der Waals surface area (Å²) < 4.78 is 5.34. The molecule has 0 aliphatic carbocycles. The molecule has 0 saturated carbocycles. The molecule has 1 radical (unpaired) electrons. The van der Waals surface area contributed by atoms with Crippen LogP contribution in [0.5, 0.6) is 0 Å². The number of furan rings is 1. The number of aryl methyl sites for hydroxylation is 1. The molecule has 0 aliphatic heterocycles. The zero-order chi connectivity index (χ0) is 12.8. The average Bonchev–Trinajstić information content (AvgIpc) is 2.83. The second-order valence-corrected chi connectivity index (χ2v) is 4.92. The van der Waals surface area contributed by atoms with Crippen LogP contribution in [0.3, 0.4) is 0 Å². The summed E-state index contributed by atoms with van der Waals surface area (Å²) >= 11 is 6.02. The Kier molecular flexibility index (Phi) is 4.89. The Bertz CT molecular complexity index is 487. The number of halogens is 1. The third-order valence-electron chi connectivity index (χ3n) is 3.07. The molecule has 95 valence electrons. The minimum absolute atomic E-state index is 0.761. The zero-order valence-electron chi connectivity index (χ0n) is 10.5. The van der Waals surface area contributed by atoms with E-state index in [4.69, 9.17) is 16.0 Å². The fourth-order valence-corrected chi connectivity index (χ4v) is 2.29. The number of unbranched alkanes of at least 4 members (excludes halogenated alkanes) is 3. The van der Waals surface area contributed by atoms with E-state index in [1.807, 2.05) is 30.7 Å². The summed E-state index contributed by atoms with van der Waals surface area (Å²) in [6.45, 7) is 3.86. The zero-order valence-corrected chi connectivity index (χ0v) is 11.2. The van der Waals surface area contributed by atoms with Crippen molar-refractivity contribution in [2.45, 2.75) is 32.1 Å². The lowest BCUT2D eigenvalue weighted by Gasteiger charge is -2.03. The Morgan fingerprint density at radius 1 is 1.11 bits per heavy atom. The molecular formula is C16H18ClO. The molecule has 0 fully saturated rings. The van der Waals surface area contributed by atoms with Gasteiger partial charge < -0.3 is 4.42 Å². The molecule has 0 amide bonds. The summed E-state index contributed by atoms with van der Waals surface area (Å²) in [4.78, 5) is 0. The van der Waals surface area contributed by atoms with Gasteiger partial charge in [0.2, 0.25) is 0 Å². The van der Waals surface area contributed by atoms with Crippen LogP contribution in [0.25, 0.3) is 11.1 Å². The van der Waals surface area contributed by atoms with Crippen LogP contribution >= 0.6 is 11.6 Å². The first-order valence-electron chi connectivity index (χ1n) is 6.41. The van der Waals surface area contributed by atoms with Crippen LogP contribution < -0.4 is 0 Å². The van der Waals surface area contributed by atoms with Gasteiger partial charge in [0, 0.05) is 10.6 Å². The second-order valence-electron chi connectivity index (χ2n) is 4.49. The summed E-state index contributed by atoms with van der Waals surface area (Å²) in [5.41, 5.74) is 3.55. The van der Waals surface area contributed by atoms with Gasteiger partial charge in [-0.05, 0) is 36.1 Å². The predicted molar refractivity (Wildman–Crippen MR) is 76.7 cm³/mol. The Labute approximate surface area is 114 Å². The highest BCUT2D eigenvalue weighted by Crippen LogP contribution is 2.28. The van der Waals surface area contributed by atoms with Crippen molar-refractivity contribution >= 4 is 11.6 Å². The predicted octanol–water partition coefficient (Wildman–Crippen LogP) is 5.54. The summed E-state index contributed by atoms with van der Waals surface area (Å²) in [6, 6.07) is 7.90. The van der Waals surface area contributed by atoms with Gasteiger partial charge in [0.1, 0.15) is 0 Å². The van der Waals surface area contributed by atoms with E-state index in [0.29, 0.717) is 0 Å². The smallest absolute Gasteiger partial charge is 0.0983 e. The van der Waals surface area contributed by atoms with Gasteiger partial charge in [0.05, 0.1) is 12.5 Å². The first kappa shape index (κ1) is 13.2. The van der Waals surface area contributed by atoms with Crippen LogP contribution in [0, 0.1) is 6.92 Å². The van der Waals surface area contributed by atoms with Crippen molar-refractivity contribution in [3.05, 3.63) is 54.3 Å². The average molecular weight is 262 g/mol. The summed E-state index contributed by atoms with van der Waals surface area (Å²) in [5, 5.41) is 0.761. The SMILES string of the molecule is [CH2]CCCCCc1cocc1-c1cccc(Cl)c1. The van der Waals surface area contributed by atoms with E-state index < -0.39 is 0 Å². The van der Waals surface area contributed by atoms with Crippen molar-refractivity contribution in [3.63, 3.8) is 0 Å². The van der Waals surface area contributed by atoms with Crippen molar-refractivity contribution in [3.8, 4) is 11.1 Å². The van der Waals surface area contributed by atoms with Crippen molar-refractivity contribution in [1.29, 1.82) is 0 Å². The maximum absolute atomic E-state index is 6.02. The minimum atomic E-state index is 0.761. The highest BCUT2D eigenvalue weighted by Gasteiger charge is 2.08. The van der Waals surface area contributed by atoms with Gasteiger partial charge in [-0.3, -0.25) is 0 Å². The van der Waals surface area contributed by atoms with E-state index in [0.717, 1.165) is 29.0 Å². The highest BCUT2D eigenvalue weighted by molar-refractivity contribution is 6.30. The molecule has 0 N–H and O–H groups in total. The van der Waals surface area contributed by atoms with Crippen LogP contribution in [0.4, 0.5) is 0 Å². The second kappa shape index (κ2) is 6.65. The monoisotopic (exact) mass is 261 g/mol. The molecule has 0 saturated heterocycles. The highest BCUT2D eigenvalue weighted by atomic mass is 35.5. The lowest BCUT2D eigenvalue weighted by Crippen LogP contribution is -1.87. The van der Waals surface area contributed by atoms with Crippen LogP contribution in [0.15, 0.2) is 41.2 Å². The maximum Gasteiger partial charge on any atom is 0.0983 e. The van der Waals surface area contributed by atoms with E-state index in [-0.39, 0.29) is 0 Å². The van der Waals surface area contributed by atoms with Crippen LogP contribution in [0.1, 0.15) is 31.2 Å². The maximum atomic E-state index is 6.02. The molecule has 18 heavy (non-hydrogen) atoms. The fraction of sp³-hybridized carbons (Fsp3) is 0.312. The van der Waals surface area contributed by atoms with Crippen LogP contribution in [-0.4, -0.2) is 0 Å². The molecule has 0 spiro atoms. The molecule has 2 rings (SSSR count). The first-order chi connectivity index (χ1) is 8.81. The van der Waals surface area contributed by atoms with Gasteiger partial charge in [-0.2, -0.15) is 0 Å². The number of rotatable bonds is 6. The van der Waals surface area contributed by atoms with Crippen LogP contribution in [0.2, 0.25) is 5.02 Å². The number of benzene rings is 1. The van der Waals surface area contributed by atoms with Gasteiger partial charge in [0.15, 0.2) is 0 Å². The molecular weight excluding hydrogens is 244 g/mol. The molecule has 0 unspecified atom stereocenters. The van der Waals surface area contributed by atoms with Crippen molar-refractivity contribution in [1.82, 2.24) is 0 Å². The molecule has 1 nitrogen and oxygen atoms in total. The van der Waals surface area contributed by atoms with Crippen molar-refractivity contribution < 1.29 is 4.42 Å². The number of hydrogen-bond donors (Lipinski definition) is 0.